The van der Waals surface area contributed by atoms with Crippen molar-refractivity contribution in [3.63, 3.8) is 0 Å². The first-order valence-electron chi connectivity index (χ1n) is 7.19. The van der Waals surface area contributed by atoms with Crippen molar-refractivity contribution < 1.29 is 0 Å². The van der Waals surface area contributed by atoms with E-state index < -0.39 is 0 Å². The number of nitrogens with zero attached hydrogens (tertiary/aromatic N) is 2. The van der Waals surface area contributed by atoms with Crippen molar-refractivity contribution in [2.24, 2.45) is 5.84 Å². The summed E-state index contributed by atoms with van der Waals surface area (Å²) in [5.41, 5.74) is 2.60. The number of aromatic nitrogens is 2. The van der Waals surface area contributed by atoms with Crippen LogP contribution in [0.1, 0.15) is 65.1 Å². The smallest absolute Gasteiger partial charge is 0.145 e. The highest BCUT2D eigenvalue weighted by Crippen LogP contribution is 2.18. The van der Waals surface area contributed by atoms with Gasteiger partial charge in [0, 0.05) is 18.0 Å². The van der Waals surface area contributed by atoms with E-state index in [0.29, 0.717) is 11.9 Å². The minimum atomic E-state index is 0.282. The molecule has 108 valence electrons. The minimum Gasteiger partial charge on any atom is -0.367 e. The number of hydrogen-bond donors (Lipinski definition) is 3. The zero-order chi connectivity index (χ0) is 14.3. The monoisotopic (exact) mass is 265 g/mol. The van der Waals surface area contributed by atoms with Gasteiger partial charge >= 0.3 is 0 Å². The van der Waals surface area contributed by atoms with Gasteiger partial charge in [-0.05, 0) is 13.3 Å². The van der Waals surface area contributed by atoms with Crippen molar-refractivity contribution in [1.29, 1.82) is 0 Å². The van der Waals surface area contributed by atoms with Gasteiger partial charge in [-0.25, -0.2) is 15.8 Å². The molecule has 0 fully saturated rings. The fourth-order valence-electron chi connectivity index (χ4n) is 1.90. The highest BCUT2D eigenvalue weighted by Gasteiger charge is 2.09. The molecule has 1 unspecified atom stereocenters. The van der Waals surface area contributed by atoms with Crippen LogP contribution < -0.4 is 16.6 Å². The molecule has 0 aliphatic rings. The fraction of sp³-hybridized carbons (Fsp3) is 0.714. The average Bonchev–Trinajstić information content (AvgIpc) is 2.38. The lowest BCUT2D eigenvalue weighted by atomic mass is 10.1. The van der Waals surface area contributed by atoms with Crippen LogP contribution in [-0.2, 0) is 0 Å². The maximum atomic E-state index is 5.45. The van der Waals surface area contributed by atoms with Crippen LogP contribution in [-0.4, -0.2) is 16.0 Å². The van der Waals surface area contributed by atoms with Gasteiger partial charge in [-0.15, -0.1) is 0 Å². The number of rotatable bonds is 8. The van der Waals surface area contributed by atoms with Crippen LogP contribution in [0.15, 0.2) is 6.07 Å². The molecule has 5 heteroatoms. The zero-order valence-corrected chi connectivity index (χ0v) is 12.5. The molecule has 0 aliphatic heterocycles. The molecule has 1 atom stereocenters. The van der Waals surface area contributed by atoms with Crippen molar-refractivity contribution in [1.82, 2.24) is 9.97 Å². The molecule has 0 saturated carbocycles. The van der Waals surface area contributed by atoms with Gasteiger partial charge in [-0.3, -0.25) is 0 Å². The predicted octanol–water partition coefficient (Wildman–Crippen LogP) is 3.27. The SMILES string of the molecule is CCCCCC(C)Nc1cc(NN)nc(C(C)C)n1. The Labute approximate surface area is 116 Å². The maximum absolute atomic E-state index is 5.45. The number of nitrogens with two attached hydrogens (primary N) is 1. The summed E-state index contributed by atoms with van der Waals surface area (Å²) in [6.45, 7) is 8.55. The fourth-order valence-corrected chi connectivity index (χ4v) is 1.90. The van der Waals surface area contributed by atoms with Crippen molar-refractivity contribution >= 4 is 11.6 Å². The van der Waals surface area contributed by atoms with E-state index in [1.165, 1.54) is 19.3 Å². The lowest BCUT2D eigenvalue weighted by Crippen LogP contribution is -2.18. The quantitative estimate of drug-likeness (QED) is 0.382. The van der Waals surface area contributed by atoms with E-state index in [4.69, 9.17) is 5.84 Å². The molecule has 1 aromatic heterocycles. The summed E-state index contributed by atoms with van der Waals surface area (Å²) in [5, 5.41) is 3.42. The molecule has 0 radical (unpaired) electrons. The van der Waals surface area contributed by atoms with Crippen LogP contribution in [0.25, 0.3) is 0 Å². The van der Waals surface area contributed by atoms with E-state index in [9.17, 15) is 0 Å². The summed E-state index contributed by atoms with van der Waals surface area (Å²) < 4.78 is 0. The summed E-state index contributed by atoms with van der Waals surface area (Å²) in [4.78, 5) is 8.88. The van der Waals surface area contributed by atoms with Gasteiger partial charge < -0.3 is 10.7 Å². The Balaban J connectivity index is 2.68. The number of hydrogen-bond acceptors (Lipinski definition) is 5. The Morgan fingerprint density at radius 1 is 1.16 bits per heavy atom. The molecule has 4 N–H and O–H groups in total. The Morgan fingerprint density at radius 2 is 1.84 bits per heavy atom. The summed E-state index contributed by atoms with van der Waals surface area (Å²) >= 11 is 0. The normalized spacial score (nSPS) is 12.5. The Morgan fingerprint density at radius 3 is 2.42 bits per heavy atom. The van der Waals surface area contributed by atoms with Gasteiger partial charge in [0.2, 0.25) is 0 Å². The van der Waals surface area contributed by atoms with Crippen LogP contribution in [0.3, 0.4) is 0 Å². The number of nitrogen functional groups attached to an aromatic ring is 1. The molecular weight excluding hydrogens is 238 g/mol. The first-order valence-corrected chi connectivity index (χ1v) is 7.19. The summed E-state index contributed by atoms with van der Waals surface area (Å²) in [6.07, 6.45) is 4.93. The van der Waals surface area contributed by atoms with E-state index in [1.807, 2.05) is 6.07 Å². The number of unbranched alkanes of at least 4 members (excludes halogenated alkanes) is 2. The standard InChI is InChI=1S/C14H27N5/c1-5-6-7-8-11(4)16-12-9-13(19-15)18-14(17-12)10(2)3/h9-11H,5-8,15H2,1-4H3,(H2,16,17,18,19). The molecule has 1 heterocycles. The molecule has 1 rings (SSSR count). The van der Waals surface area contributed by atoms with Gasteiger partial charge in [0.15, 0.2) is 0 Å². The number of hydrazine groups is 1. The van der Waals surface area contributed by atoms with Crippen LogP contribution in [0, 0.1) is 0 Å². The minimum absolute atomic E-state index is 0.282. The third kappa shape index (κ3) is 5.42. The molecular formula is C14H27N5. The molecule has 5 nitrogen and oxygen atoms in total. The lowest BCUT2D eigenvalue weighted by Gasteiger charge is -2.16. The van der Waals surface area contributed by atoms with Crippen LogP contribution in [0.5, 0.6) is 0 Å². The van der Waals surface area contributed by atoms with Crippen LogP contribution in [0.2, 0.25) is 0 Å². The predicted molar refractivity (Wildman–Crippen MR) is 81.2 cm³/mol. The zero-order valence-electron chi connectivity index (χ0n) is 12.5. The van der Waals surface area contributed by atoms with Gasteiger partial charge in [0.05, 0.1) is 0 Å². The molecule has 0 aromatic carbocycles. The highest BCUT2D eigenvalue weighted by atomic mass is 15.3. The average molecular weight is 265 g/mol. The summed E-state index contributed by atoms with van der Waals surface area (Å²) in [5.74, 6) is 8.03. The molecule has 0 saturated heterocycles. The highest BCUT2D eigenvalue weighted by molar-refractivity contribution is 5.47. The molecule has 19 heavy (non-hydrogen) atoms. The van der Waals surface area contributed by atoms with E-state index >= 15 is 0 Å². The van der Waals surface area contributed by atoms with E-state index in [1.54, 1.807) is 0 Å². The van der Waals surface area contributed by atoms with Gasteiger partial charge in [0.25, 0.3) is 0 Å². The second-order valence-electron chi connectivity index (χ2n) is 5.34. The van der Waals surface area contributed by atoms with Crippen LogP contribution >= 0.6 is 0 Å². The Kier molecular flexibility index (Phi) is 6.56. The first-order chi connectivity index (χ1) is 9.06. The molecule has 0 bridgehead atoms. The largest absolute Gasteiger partial charge is 0.367 e. The number of anilines is 2. The lowest BCUT2D eigenvalue weighted by molar-refractivity contribution is 0.613. The second kappa shape index (κ2) is 7.94. The molecule has 0 amide bonds. The molecule has 0 spiro atoms. The van der Waals surface area contributed by atoms with Crippen molar-refractivity contribution in [2.45, 2.75) is 65.3 Å². The van der Waals surface area contributed by atoms with Crippen LogP contribution in [0.4, 0.5) is 11.6 Å². The molecule has 1 aromatic rings. The summed E-state index contributed by atoms with van der Waals surface area (Å²) in [6, 6.07) is 2.26. The van der Waals surface area contributed by atoms with Gasteiger partial charge in [-0.1, -0.05) is 40.0 Å². The third-order valence-electron chi connectivity index (χ3n) is 3.04. The van der Waals surface area contributed by atoms with Gasteiger partial charge in [0.1, 0.15) is 17.5 Å². The van der Waals surface area contributed by atoms with E-state index in [-0.39, 0.29) is 5.92 Å². The van der Waals surface area contributed by atoms with E-state index in [2.05, 4.69) is 48.4 Å². The Hall–Kier alpha value is -1.36. The van der Waals surface area contributed by atoms with Gasteiger partial charge in [-0.2, -0.15) is 0 Å². The first kappa shape index (κ1) is 15.7. The maximum Gasteiger partial charge on any atom is 0.145 e. The topological polar surface area (TPSA) is 75.9 Å². The molecule has 0 aliphatic carbocycles. The number of nitrogens with one attached hydrogen (secondary N) is 2. The Bertz CT molecular complexity index is 378. The van der Waals surface area contributed by atoms with Crippen molar-refractivity contribution in [3.05, 3.63) is 11.9 Å². The third-order valence-corrected chi connectivity index (χ3v) is 3.04. The second-order valence-corrected chi connectivity index (χ2v) is 5.34. The van der Waals surface area contributed by atoms with Crippen molar-refractivity contribution in [3.8, 4) is 0 Å². The summed E-state index contributed by atoms with van der Waals surface area (Å²) in [7, 11) is 0. The van der Waals surface area contributed by atoms with E-state index in [0.717, 1.165) is 18.1 Å². The van der Waals surface area contributed by atoms with Crippen molar-refractivity contribution in [2.75, 3.05) is 10.7 Å².